The van der Waals surface area contributed by atoms with Crippen LogP contribution in [0.25, 0.3) is 0 Å². The molecule has 0 fully saturated rings. The lowest BCUT2D eigenvalue weighted by Gasteiger charge is -2.15. The highest BCUT2D eigenvalue weighted by Gasteiger charge is 2.18. The third kappa shape index (κ3) is 4.14. The Bertz CT molecular complexity index is 374. The quantitative estimate of drug-likeness (QED) is 0.752. The summed E-state index contributed by atoms with van der Waals surface area (Å²) in [5.74, 6) is 1.23. The maximum Gasteiger partial charge on any atom is 0.328 e. The van der Waals surface area contributed by atoms with Gasteiger partial charge in [-0.25, -0.2) is 9.78 Å². The number of aromatic nitrogens is 2. The Kier molecular flexibility index (Phi) is 5.85. The Labute approximate surface area is 109 Å². The number of hydrogen-bond acceptors (Lipinski definition) is 4. The van der Waals surface area contributed by atoms with E-state index >= 15 is 0 Å². The summed E-state index contributed by atoms with van der Waals surface area (Å²) in [6.45, 7) is 9.94. The standard InChI is InChI=1S/C13H23N3O2/c1-5-18-13(17)11(4)16-7-6-15-12(16)9-14-8-10(2)3/h6-7,10-11,14H,5,8-9H2,1-4H3. The number of nitrogens with one attached hydrogen (secondary N) is 1. The number of esters is 1. The molecule has 0 aliphatic heterocycles. The summed E-state index contributed by atoms with van der Waals surface area (Å²) in [5.41, 5.74) is 0. The molecule has 102 valence electrons. The third-order valence-corrected chi connectivity index (χ3v) is 2.63. The zero-order valence-corrected chi connectivity index (χ0v) is 11.6. The van der Waals surface area contributed by atoms with Gasteiger partial charge in [0.1, 0.15) is 11.9 Å². The fourth-order valence-electron chi connectivity index (χ4n) is 1.68. The van der Waals surface area contributed by atoms with Crippen LogP contribution < -0.4 is 5.32 Å². The van der Waals surface area contributed by atoms with Crippen molar-refractivity contribution in [3.63, 3.8) is 0 Å². The number of carbonyl (C=O) groups excluding carboxylic acids is 1. The lowest BCUT2D eigenvalue weighted by atomic mass is 10.2. The maximum absolute atomic E-state index is 11.7. The van der Waals surface area contributed by atoms with E-state index in [9.17, 15) is 4.79 Å². The molecule has 1 aromatic heterocycles. The van der Waals surface area contributed by atoms with Crippen molar-refractivity contribution in [1.29, 1.82) is 0 Å². The van der Waals surface area contributed by atoms with E-state index in [1.54, 1.807) is 6.20 Å². The van der Waals surface area contributed by atoms with Gasteiger partial charge in [-0.1, -0.05) is 13.8 Å². The molecule has 0 amide bonds. The molecule has 1 rings (SSSR count). The van der Waals surface area contributed by atoms with E-state index in [0.29, 0.717) is 19.1 Å². The molecule has 0 aliphatic carbocycles. The highest BCUT2D eigenvalue weighted by atomic mass is 16.5. The molecule has 0 aliphatic rings. The molecule has 0 saturated heterocycles. The Hall–Kier alpha value is -1.36. The van der Waals surface area contributed by atoms with Crippen LogP contribution in [0.3, 0.4) is 0 Å². The van der Waals surface area contributed by atoms with Gasteiger partial charge in [0.05, 0.1) is 13.2 Å². The number of hydrogen-bond donors (Lipinski definition) is 1. The summed E-state index contributed by atoms with van der Waals surface area (Å²) in [6.07, 6.45) is 3.52. The van der Waals surface area contributed by atoms with Gasteiger partial charge in [-0.2, -0.15) is 0 Å². The van der Waals surface area contributed by atoms with Crippen molar-refractivity contribution in [1.82, 2.24) is 14.9 Å². The molecular weight excluding hydrogens is 230 g/mol. The molecule has 1 aromatic rings. The monoisotopic (exact) mass is 253 g/mol. The normalized spacial score (nSPS) is 12.7. The Morgan fingerprint density at radius 1 is 1.50 bits per heavy atom. The van der Waals surface area contributed by atoms with Gasteiger partial charge in [0.25, 0.3) is 0 Å². The second-order valence-electron chi connectivity index (χ2n) is 4.70. The van der Waals surface area contributed by atoms with E-state index in [-0.39, 0.29) is 12.0 Å². The molecule has 1 unspecified atom stereocenters. The van der Waals surface area contributed by atoms with Gasteiger partial charge in [-0.3, -0.25) is 0 Å². The van der Waals surface area contributed by atoms with Crippen LogP contribution >= 0.6 is 0 Å². The van der Waals surface area contributed by atoms with Crippen LogP contribution in [-0.4, -0.2) is 28.7 Å². The molecule has 0 aromatic carbocycles. The van der Waals surface area contributed by atoms with Crippen LogP contribution in [0.15, 0.2) is 12.4 Å². The molecule has 0 bridgehead atoms. The van der Waals surface area contributed by atoms with Crippen molar-refractivity contribution in [2.45, 2.75) is 40.3 Å². The lowest BCUT2D eigenvalue weighted by molar-refractivity contribution is -0.146. The predicted octanol–water partition coefficient (Wildman–Crippen LogP) is 1.75. The van der Waals surface area contributed by atoms with Crippen LogP contribution in [0, 0.1) is 5.92 Å². The molecule has 5 nitrogen and oxygen atoms in total. The van der Waals surface area contributed by atoms with Gasteiger partial charge >= 0.3 is 5.97 Å². The Morgan fingerprint density at radius 2 is 2.22 bits per heavy atom. The number of ether oxygens (including phenoxy) is 1. The summed E-state index contributed by atoms with van der Waals surface area (Å²) in [6, 6.07) is -0.330. The maximum atomic E-state index is 11.7. The Balaban J connectivity index is 2.61. The summed E-state index contributed by atoms with van der Waals surface area (Å²) in [4.78, 5) is 16.0. The zero-order chi connectivity index (χ0) is 13.5. The van der Waals surface area contributed by atoms with E-state index < -0.39 is 0 Å². The molecule has 1 atom stereocenters. The topological polar surface area (TPSA) is 56.2 Å². The van der Waals surface area contributed by atoms with Crippen molar-refractivity contribution in [2.24, 2.45) is 5.92 Å². The first kappa shape index (κ1) is 14.7. The van der Waals surface area contributed by atoms with Gasteiger partial charge in [0.15, 0.2) is 0 Å². The summed E-state index contributed by atoms with van der Waals surface area (Å²) in [5, 5.41) is 3.32. The molecule has 0 radical (unpaired) electrons. The average Bonchev–Trinajstić information content (AvgIpc) is 2.76. The van der Waals surface area contributed by atoms with E-state index in [2.05, 4.69) is 24.1 Å². The number of carbonyl (C=O) groups is 1. The van der Waals surface area contributed by atoms with E-state index in [1.807, 2.05) is 24.6 Å². The van der Waals surface area contributed by atoms with E-state index in [0.717, 1.165) is 12.4 Å². The molecule has 0 saturated carbocycles. The van der Waals surface area contributed by atoms with Gasteiger partial charge < -0.3 is 14.6 Å². The fraction of sp³-hybridized carbons (Fsp3) is 0.692. The van der Waals surface area contributed by atoms with Crippen LogP contribution in [0.5, 0.6) is 0 Å². The number of rotatable bonds is 7. The van der Waals surface area contributed by atoms with Gasteiger partial charge in [-0.05, 0) is 26.3 Å². The summed E-state index contributed by atoms with van der Waals surface area (Å²) in [7, 11) is 0. The van der Waals surface area contributed by atoms with Crippen molar-refractivity contribution in [3.05, 3.63) is 18.2 Å². The molecule has 1 heterocycles. The van der Waals surface area contributed by atoms with E-state index in [1.165, 1.54) is 0 Å². The van der Waals surface area contributed by atoms with Gasteiger partial charge in [-0.15, -0.1) is 0 Å². The van der Waals surface area contributed by atoms with Crippen molar-refractivity contribution in [3.8, 4) is 0 Å². The molecule has 1 N–H and O–H groups in total. The zero-order valence-electron chi connectivity index (χ0n) is 11.6. The lowest BCUT2D eigenvalue weighted by Crippen LogP contribution is -2.25. The second-order valence-corrected chi connectivity index (χ2v) is 4.70. The van der Waals surface area contributed by atoms with Crippen molar-refractivity contribution in [2.75, 3.05) is 13.2 Å². The van der Waals surface area contributed by atoms with Gasteiger partial charge in [0, 0.05) is 12.4 Å². The molecule has 5 heteroatoms. The van der Waals surface area contributed by atoms with Crippen LogP contribution in [0.4, 0.5) is 0 Å². The molecule has 0 spiro atoms. The molecular formula is C13H23N3O2. The summed E-state index contributed by atoms with van der Waals surface area (Å²) < 4.78 is 6.87. The Morgan fingerprint density at radius 3 is 2.83 bits per heavy atom. The van der Waals surface area contributed by atoms with Crippen molar-refractivity contribution >= 4 is 5.97 Å². The smallest absolute Gasteiger partial charge is 0.328 e. The fourth-order valence-corrected chi connectivity index (χ4v) is 1.68. The van der Waals surface area contributed by atoms with Crippen molar-refractivity contribution < 1.29 is 9.53 Å². The largest absolute Gasteiger partial charge is 0.464 e. The average molecular weight is 253 g/mol. The predicted molar refractivity (Wildman–Crippen MR) is 70.1 cm³/mol. The first-order valence-electron chi connectivity index (χ1n) is 6.45. The highest BCUT2D eigenvalue weighted by Crippen LogP contribution is 2.11. The number of imidazole rings is 1. The molecule has 18 heavy (non-hydrogen) atoms. The minimum absolute atomic E-state index is 0.222. The summed E-state index contributed by atoms with van der Waals surface area (Å²) >= 11 is 0. The van der Waals surface area contributed by atoms with E-state index in [4.69, 9.17) is 4.74 Å². The first-order valence-corrected chi connectivity index (χ1v) is 6.45. The van der Waals surface area contributed by atoms with Crippen LogP contribution in [-0.2, 0) is 16.1 Å². The SMILES string of the molecule is CCOC(=O)C(C)n1ccnc1CNCC(C)C. The third-order valence-electron chi connectivity index (χ3n) is 2.63. The minimum Gasteiger partial charge on any atom is -0.464 e. The van der Waals surface area contributed by atoms with Crippen LogP contribution in [0.1, 0.15) is 39.6 Å². The van der Waals surface area contributed by atoms with Crippen LogP contribution in [0.2, 0.25) is 0 Å². The van der Waals surface area contributed by atoms with Gasteiger partial charge in [0.2, 0.25) is 0 Å². The second kappa shape index (κ2) is 7.16. The highest BCUT2D eigenvalue weighted by molar-refractivity contribution is 5.73. The first-order chi connectivity index (χ1) is 8.56. The minimum atomic E-state index is -0.330. The number of nitrogens with zero attached hydrogens (tertiary/aromatic N) is 2.